The van der Waals surface area contributed by atoms with Crippen molar-refractivity contribution in [1.29, 1.82) is 0 Å². The monoisotopic (exact) mass is 330 g/mol. The molecule has 1 N–H and O–H groups in total. The fourth-order valence-electron chi connectivity index (χ4n) is 3.06. The molecule has 2 aromatic rings. The zero-order valence-corrected chi connectivity index (χ0v) is 14.3. The molecule has 3 rings (SSSR count). The summed E-state index contributed by atoms with van der Waals surface area (Å²) in [5.41, 5.74) is 0.864. The van der Waals surface area contributed by atoms with Gasteiger partial charge in [0.25, 0.3) is 0 Å². The summed E-state index contributed by atoms with van der Waals surface area (Å²) in [6, 6.07) is 5.87. The summed E-state index contributed by atoms with van der Waals surface area (Å²) in [6.45, 7) is 8.53. The zero-order valence-electron chi connectivity index (χ0n) is 14.3. The number of likely N-dealkylation sites (N-methyl/N-ethyl adjacent to an activating group) is 1. The van der Waals surface area contributed by atoms with Gasteiger partial charge in [-0.2, -0.15) is 0 Å². The number of nitrogens with one attached hydrogen (secondary N) is 1. The molecule has 7 nitrogen and oxygen atoms in total. The van der Waals surface area contributed by atoms with E-state index in [-0.39, 0.29) is 5.91 Å². The summed E-state index contributed by atoms with van der Waals surface area (Å²) >= 11 is 0. The largest absolute Gasteiger partial charge is 0.355 e. The molecule has 0 spiro atoms. The van der Waals surface area contributed by atoms with Gasteiger partial charge in [0.2, 0.25) is 5.91 Å². The van der Waals surface area contributed by atoms with Gasteiger partial charge in [0.1, 0.15) is 5.82 Å². The van der Waals surface area contributed by atoms with Gasteiger partial charge in [0, 0.05) is 45.3 Å². The SMILES string of the molecule is CCN1CCN(CC(=O)NCCCc2nnc3ccccn23)CC1. The third-order valence-corrected chi connectivity index (χ3v) is 4.56. The highest BCUT2D eigenvalue weighted by atomic mass is 16.2. The quantitative estimate of drug-likeness (QED) is 0.745. The molecule has 24 heavy (non-hydrogen) atoms. The third-order valence-electron chi connectivity index (χ3n) is 4.56. The lowest BCUT2D eigenvalue weighted by Crippen LogP contribution is -2.49. The van der Waals surface area contributed by atoms with E-state index in [0.29, 0.717) is 13.1 Å². The summed E-state index contributed by atoms with van der Waals surface area (Å²) in [5, 5.41) is 11.4. The Labute approximate surface area is 142 Å². The maximum atomic E-state index is 12.0. The molecule has 3 heterocycles. The average molecular weight is 330 g/mol. The van der Waals surface area contributed by atoms with Gasteiger partial charge in [0.05, 0.1) is 6.54 Å². The Kier molecular flexibility index (Phi) is 5.77. The van der Waals surface area contributed by atoms with Crippen LogP contribution in [0, 0.1) is 0 Å². The van der Waals surface area contributed by atoms with Gasteiger partial charge in [-0.25, -0.2) is 0 Å². The van der Waals surface area contributed by atoms with Gasteiger partial charge >= 0.3 is 0 Å². The summed E-state index contributed by atoms with van der Waals surface area (Å²) in [7, 11) is 0. The molecule has 1 amide bonds. The molecule has 0 aromatic carbocycles. The predicted molar refractivity (Wildman–Crippen MR) is 92.9 cm³/mol. The number of hydrogen-bond acceptors (Lipinski definition) is 5. The van der Waals surface area contributed by atoms with Crippen LogP contribution in [0.15, 0.2) is 24.4 Å². The van der Waals surface area contributed by atoms with Crippen LogP contribution in [-0.2, 0) is 11.2 Å². The molecule has 2 aromatic heterocycles. The molecule has 1 aliphatic rings. The van der Waals surface area contributed by atoms with Crippen molar-refractivity contribution in [3.63, 3.8) is 0 Å². The summed E-state index contributed by atoms with van der Waals surface area (Å²) in [5.74, 6) is 1.06. The number of fused-ring (bicyclic) bond motifs is 1. The van der Waals surface area contributed by atoms with E-state index in [1.54, 1.807) is 0 Å². The summed E-state index contributed by atoms with van der Waals surface area (Å²) in [4.78, 5) is 16.7. The molecule has 130 valence electrons. The average Bonchev–Trinajstić information content (AvgIpc) is 3.03. The van der Waals surface area contributed by atoms with Gasteiger partial charge < -0.3 is 10.2 Å². The Morgan fingerprint density at radius 3 is 2.75 bits per heavy atom. The number of amides is 1. The number of carbonyl (C=O) groups excluding carboxylic acids is 1. The lowest BCUT2D eigenvalue weighted by Gasteiger charge is -2.33. The van der Waals surface area contributed by atoms with E-state index < -0.39 is 0 Å². The molecule has 1 aliphatic heterocycles. The Morgan fingerprint density at radius 1 is 1.17 bits per heavy atom. The molecule has 0 bridgehead atoms. The number of aryl methyl sites for hydroxylation is 1. The van der Waals surface area contributed by atoms with Crippen LogP contribution >= 0.6 is 0 Å². The van der Waals surface area contributed by atoms with Crippen molar-refractivity contribution in [3.8, 4) is 0 Å². The van der Waals surface area contributed by atoms with Crippen LogP contribution in [0.3, 0.4) is 0 Å². The fourth-order valence-corrected chi connectivity index (χ4v) is 3.06. The highest BCUT2D eigenvalue weighted by molar-refractivity contribution is 5.77. The van der Waals surface area contributed by atoms with Crippen molar-refractivity contribution in [2.75, 3.05) is 45.8 Å². The first-order valence-corrected chi connectivity index (χ1v) is 8.76. The Bertz CT molecular complexity index is 662. The highest BCUT2D eigenvalue weighted by Gasteiger charge is 2.17. The fraction of sp³-hybridized carbons (Fsp3) is 0.588. The molecule has 0 atom stereocenters. The minimum atomic E-state index is 0.117. The van der Waals surface area contributed by atoms with Crippen LogP contribution in [0.5, 0.6) is 0 Å². The highest BCUT2D eigenvalue weighted by Crippen LogP contribution is 2.05. The Morgan fingerprint density at radius 2 is 1.96 bits per heavy atom. The van der Waals surface area contributed by atoms with Gasteiger partial charge in [-0.3, -0.25) is 14.1 Å². The molecule has 0 unspecified atom stereocenters. The number of carbonyl (C=O) groups is 1. The van der Waals surface area contributed by atoms with E-state index in [1.807, 2.05) is 28.8 Å². The minimum absolute atomic E-state index is 0.117. The number of piperazine rings is 1. The van der Waals surface area contributed by atoms with Crippen molar-refractivity contribution in [3.05, 3.63) is 30.2 Å². The van der Waals surface area contributed by atoms with Crippen LogP contribution in [0.4, 0.5) is 0 Å². The van der Waals surface area contributed by atoms with Crippen LogP contribution in [0.25, 0.3) is 5.65 Å². The second kappa shape index (κ2) is 8.21. The van der Waals surface area contributed by atoms with E-state index in [9.17, 15) is 4.79 Å². The van der Waals surface area contributed by atoms with E-state index in [0.717, 1.165) is 57.0 Å². The maximum absolute atomic E-state index is 12.0. The van der Waals surface area contributed by atoms with E-state index >= 15 is 0 Å². The molecule has 1 fully saturated rings. The first-order chi connectivity index (χ1) is 11.8. The van der Waals surface area contributed by atoms with E-state index in [2.05, 4.69) is 32.2 Å². The van der Waals surface area contributed by atoms with Crippen molar-refractivity contribution >= 4 is 11.6 Å². The van der Waals surface area contributed by atoms with E-state index in [1.165, 1.54) is 0 Å². The van der Waals surface area contributed by atoms with Crippen LogP contribution in [-0.4, -0.2) is 76.1 Å². The van der Waals surface area contributed by atoms with Crippen LogP contribution < -0.4 is 5.32 Å². The normalized spacial score (nSPS) is 16.5. The first-order valence-electron chi connectivity index (χ1n) is 8.76. The van der Waals surface area contributed by atoms with Gasteiger partial charge in [-0.15, -0.1) is 10.2 Å². The predicted octanol–water partition coefficient (Wildman–Crippen LogP) is 0.416. The number of hydrogen-bond donors (Lipinski definition) is 1. The zero-order chi connectivity index (χ0) is 16.8. The van der Waals surface area contributed by atoms with E-state index in [4.69, 9.17) is 0 Å². The van der Waals surface area contributed by atoms with Crippen LogP contribution in [0.1, 0.15) is 19.2 Å². The standard InChI is InChI=1S/C17H26N6O/c1-2-21-10-12-22(13-11-21)14-17(24)18-8-5-7-16-20-19-15-6-3-4-9-23(15)16/h3-4,6,9H,2,5,7-8,10-14H2,1H3,(H,18,24). The second-order valence-electron chi connectivity index (χ2n) is 6.21. The molecular formula is C17H26N6O. The van der Waals surface area contributed by atoms with Gasteiger partial charge in [-0.1, -0.05) is 13.0 Å². The van der Waals surface area contributed by atoms with Crippen molar-refractivity contribution in [2.24, 2.45) is 0 Å². The summed E-state index contributed by atoms with van der Waals surface area (Å²) < 4.78 is 2.00. The number of rotatable bonds is 7. The van der Waals surface area contributed by atoms with Gasteiger partial charge in [0.15, 0.2) is 5.65 Å². The number of nitrogens with zero attached hydrogens (tertiary/aromatic N) is 5. The molecule has 0 saturated carbocycles. The molecule has 0 radical (unpaired) electrons. The second-order valence-corrected chi connectivity index (χ2v) is 6.21. The Balaban J connectivity index is 1.35. The van der Waals surface area contributed by atoms with Crippen molar-refractivity contribution in [2.45, 2.75) is 19.8 Å². The van der Waals surface area contributed by atoms with Gasteiger partial charge in [-0.05, 0) is 25.1 Å². The number of pyridine rings is 1. The first kappa shape index (κ1) is 16.9. The van der Waals surface area contributed by atoms with Crippen LogP contribution in [0.2, 0.25) is 0 Å². The Hall–Kier alpha value is -1.99. The lowest BCUT2D eigenvalue weighted by atomic mass is 10.3. The number of aromatic nitrogens is 3. The summed E-state index contributed by atoms with van der Waals surface area (Å²) in [6.07, 6.45) is 3.64. The maximum Gasteiger partial charge on any atom is 0.234 e. The lowest BCUT2D eigenvalue weighted by molar-refractivity contribution is -0.122. The molecule has 7 heteroatoms. The topological polar surface area (TPSA) is 65.8 Å². The smallest absolute Gasteiger partial charge is 0.234 e. The minimum Gasteiger partial charge on any atom is -0.355 e. The van der Waals surface area contributed by atoms with Crippen molar-refractivity contribution < 1.29 is 4.79 Å². The van der Waals surface area contributed by atoms with Crippen molar-refractivity contribution in [1.82, 2.24) is 29.7 Å². The molecule has 1 saturated heterocycles. The third kappa shape index (κ3) is 4.30. The molecular weight excluding hydrogens is 304 g/mol. The molecule has 0 aliphatic carbocycles.